The maximum absolute atomic E-state index is 13.8. The molecule has 2 aromatic rings. The molecule has 3 unspecified atom stereocenters. The molecule has 13 heteroatoms. The van der Waals surface area contributed by atoms with E-state index in [1.807, 2.05) is 19.1 Å². The number of ether oxygens (including phenoxy) is 1. The van der Waals surface area contributed by atoms with E-state index in [-0.39, 0.29) is 17.7 Å². The summed E-state index contributed by atoms with van der Waals surface area (Å²) in [5.41, 5.74) is 0.908. The molecule has 0 saturated carbocycles. The fourth-order valence-electron chi connectivity index (χ4n) is 3.38. The van der Waals surface area contributed by atoms with Crippen LogP contribution >= 0.6 is 20.4 Å². The number of aromatic amines is 1. The fraction of sp³-hybridized carbons (Fsp3) is 0.412. The van der Waals surface area contributed by atoms with E-state index in [1.165, 1.54) is 0 Å². The molecular weight excluding hydrogens is 432 g/mol. The Morgan fingerprint density at radius 1 is 1.43 bits per heavy atom. The average Bonchev–Trinajstić information content (AvgIpc) is 3.16. The van der Waals surface area contributed by atoms with Gasteiger partial charge < -0.3 is 4.74 Å². The molecule has 154 valence electrons. The minimum absolute atomic E-state index is 0.0590. The van der Waals surface area contributed by atoms with Gasteiger partial charge in [0.1, 0.15) is 33.2 Å². The van der Waals surface area contributed by atoms with Gasteiger partial charge in [0.25, 0.3) is 0 Å². The Balaban J connectivity index is 1.50. The zero-order valence-corrected chi connectivity index (χ0v) is 17.6. The second-order valence-corrected chi connectivity index (χ2v) is 9.11. The zero-order chi connectivity index (χ0) is 21.7. The van der Waals surface area contributed by atoms with Crippen LogP contribution in [0.2, 0.25) is 0 Å². The van der Waals surface area contributed by atoms with Gasteiger partial charge in [-0.15, -0.1) is 4.52 Å². The highest BCUT2D eigenvalue weighted by atomic mass is 32.1. The maximum Gasteiger partial charge on any atom is 0.618 e. The summed E-state index contributed by atoms with van der Waals surface area (Å²) >= 11 is 4.70. The van der Waals surface area contributed by atoms with Crippen LogP contribution in [-0.2, 0) is 20.4 Å². The van der Waals surface area contributed by atoms with Gasteiger partial charge in [-0.2, -0.15) is 9.42 Å². The van der Waals surface area contributed by atoms with Crippen LogP contribution in [0.5, 0.6) is 5.75 Å². The number of hydrogen-bond donors (Lipinski definition) is 2. The minimum atomic E-state index is -3.89. The van der Waals surface area contributed by atoms with E-state index in [0.717, 1.165) is 21.9 Å². The maximum atomic E-state index is 13.8. The largest absolute Gasteiger partial charge is 0.618 e. The smallest absolute Gasteiger partial charge is 0.353 e. The first-order chi connectivity index (χ1) is 14.1. The Morgan fingerprint density at radius 3 is 2.97 bits per heavy atom. The predicted molar refractivity (Wildman–Crippen MR) is 110 cm³/mol. The third-order valence-electron chi connectivity index (χ3n) is 4.89. The number of nitrogens with zero attached hydrogens (tertiary/aromatic N) is 1. The van der Waals surface area contributed by atoms with Crippen molar-refractivity contribution in [3.05, 3.63) is 56.5 Å². The molecule has 0 spiro atoms. The number of aryl methyl sites for hydroxylation is 1. The van der Waals surface area contributed by atoms with Crippen LogP contribution in [0.1, 0.15) is 30.2 Å². The van der Waals surface area contributed by atoms with Crippen LogP contribution in [0, 0.1) is 17.4 Å². The van der Waals surface area contributed by atoms with E-state index >= 15 is 0 Å². The zero-order valence-electron chi connectivity index (χ0n) is 15.9. The standard InChI is InChI=1S/C17H16B2FN2O6PS/c1-9-3-2-4-10-8-25-29(24,27-14(9)10)28-17(18,19)12-5-6-13(26-12)22-7-11(20)15(30)21-16(22)23/h2-4,7,12-13,24H,5-6,8H2,1H3/p+1. The lowest BCUT2D eigenvalue weighted by Crippen LogP contribution is -2.47. The third-order valence-corrected chi connectivity index (χ3v) is 6.60. The molecule has 0 aliphatic carbocycles. The first-order valence-corrected chi connectivity index (χ1v) is 11.0. The van der Waals surface area contributed by atoms with E-state index in [9.17, 15) is 14.1 Å². The van der Waals surface area contributed by atoms with Crippen molar-refractivity contribution >= 4 is 36.1 Å². The van der Waals surface area contributed by atoms with E-state index in [4.69, 9.17) is 46.2 Å². The third kappa shape index (κ3) is 4.12. The summed E-state index contributed by atoms with van der Waals surface area (Å²) in [5, 5.41) is -2.00. The Morgan fingerprint density at radius 2 is 2.20 bits per heavy atom. The van der Waals surface area contributed by atoms with E-state index in [1.54, 1.807) is 6.07 Å². The van der Waals surface area contributed by atoms with Crippen LogP contribution in [0.4, 0.5) is 4.39 Å². The van der Waals surface area contributed by atoms with Crippen LogP contribution in [-0.4, -0.2) is 41.6 Å². The normalized spacial score (nSPS) is 26.2. The molecule has 2 aliphatic heterocycles. The Bertz CT molecular complexity index is 1100. The quantitative estimate of drug-likeness (QED) is 0.421. The number of halogens is 1. The monoisotopic (exact) mass is 449 g/mol. The molecule has 3 heterocycles. The van der Waals surface area contributed by atoms with Crippen molar-refractivity contribution in [2.75, 3.05) is 0 Å². The van der Waals surface area contributed by atoms with Gasteiger partial charge in [0, 0.05) is 5.56 Å². The predicted octanol–water partition coefficient (Wildman–Crippen LogP) is 2.32. The van der Waals surface area contributed by atoms with Crippen LogP contribution in [0.3, 0.4) is 0 Å². The van der Waals surface area contributed by atoms with Gasteiger partial charge in [0.05, 0.1) is 17.7 Å². The van der Waals surface area contributed by atoms with Crippen molar-refractivity contribution < 1.29 is 27.6 Å². The SMILES string of the molecule is [B]C([B])(O[P+]1(O)OCc2cccc(C)c2O1)C1CCC(n2cc(F)c(=S)[nH]c2=O)O1. The number of aromatic nitrogens is 2. The Hall–Kier alpha value is -1.55. The second kappa shape index (κ2) is 7.85. The lowest BCUT2D eigenvalue weighted by molar-refractivity contribution is -0.0563. The van der Waals surface area contributed by atoms with Crippen molar-refractivity contribution in [2.45, 2.75) is 44.1 Å². The summed E-state index contributed by atoms with van der Waals surface area (Å²) in [6.45, 7) is 1.88. The molecule has 3 atom stereocenters. The minimum Gasteiger partial charge on any atom is -0.353 e. The van der Waals surface area contributed by atoms with Gasteiger partial charge >= 0.3 is 13.9 Å². The highest BCUT2D eigenvalue weighted by molar-refractivity contribution is 7.71. The van der Waals surface area contributed by atoms with Gasteiger partial charge in [0.2, 0.25) is 0 Å². The lowest BCUT2D eigenvalue weighted by atomic mass is 9.61. The number of benzene rings is 1. The first-order valence-electron chi connectivity index (χ1n) is 9.07. The summed E-state index contributed by atoms with van der Waals surface area (Å²) < 4.78 is 36.7. The lowest BCUT2D eigenvalue weighted by Gasteiger charge is -2.33. The van der Waals surface area contributed by atoms with E-state index in [0.29, 0.717) is 12.2 Å². The Kier molecular flexibility index (Phi) is 5.67. The second-order valence-electron chi connectivity index (χ2n) is 7.14. The first kappa shape index (κ1) is 21.7. The molecule has 2 N–H and O–H groups in total. The number of fused-ring (bicyclic) bond motifs is 1. The van der Waals surface area contributed by atoms with Gasteiger partial charge in [-0.05, 0) is 25.3 Å². The molecule has 30 heavy (non-hydrogen) atoms. The summed E-state index contributed by atoms with van der Waals surface area (Å²) in [6.07, 6.45) is -0.249. The number of nitrogens with one attached hydrogen (secondary N) is 1. The van der Waals surface area contributed by atoms with Crippen molar-refractivity contribution in [2.24, 2.45) is 0 Å². The molecule has 1 aromatic carbocycles. The summed E-state index contributed by atoms with van der Waals surface area (Å²) in [6, 6.07) is 5.46. The van der Waals surface area contributed by atoms with E-state index < -0.39 is 37.4 Å². The van der Waals surface area contributed by atoms with Crippen molar-refractivity contribution in [3.63, 3.8) is 0 Å². The van der Waals surface area contributed by atoms with Gasteiger partial charge in [-0.1, -0.05) is 30.4 Å². The van der Waals surface area contributed by atoms with Crippen LogP contribution in [0.15, 0.2) is 29.2 Å². The fourth-order valence-corrected chi connectivity index (χ4v) is 4.98. The van der Waals surface area contributed by atoms with Gasteiger partial charge in [0.15, 0.2) is 11.6 Å². The Labute approximate surface area is 179 Å². The topological polar surface area (TPSA) is 94.9 Å². The molecule has 8 nitrogen and oxygen atoms in total. The van der Waals surface area contributed by atoms with Crippen molar-refractivity contribution in [1.82, 2.24) is 9.55 Å². The van der Waals surface area contributed by atoms with Crippen LogP contribution in [0.25, 0.3) is 0 Å². The molecule has 4 radical (unpaired) electrons. The molecule has 2 aliphatic rings. The summed E-state index contributed by atoms with van der Waals surface area (Å²) in [4.78, 5) is 25.0. The average molecular weight is 449 g/mol. The van der Waals surface area contributed by atoms with E-state index in [2.05, 4.69) is 4.98 Å². The van der Waals surface area contributed by atoms with Crippen molar-refractivity contribution in [3.8, 4) is 5.75 Å². The molecule has 0 bridgehead atoms. The van der Waals surface area contributed by atoms with Gasteiger partial charge in [-0.3, -0.25) is 14.1 Å². The summed E-state index contributed by atoms with van der Waals surface area (Å²) in [7, 11) is 8.27. The molecule has 1 fully saturated rings. The summed E-state index contributed by atoms with van der Waals surface area (Å²) in [5.74, 6) is -0.319. The molecule has 4 rings (SSSR count). The highest BCUT2D eigenvalue weighted by Gasteiger charge is 2.56. The molecule has 0 amide bonds. The highest BCUT2D eigenvalue weighted by Crippen LogP contribution is 2.64. The molecule has 1 saturated heterocycles. The molecular formula is C17H17B2FN2O6PS+. The van der Waals surface area contributed by atoms with Gasteiger partial charge in [-0.25, -0.2) is 9.18 Å². The number of rotatable bonds is 4. The van der Waals surface area contributed by atoms with Crippen LogP contribution < -0.4 is 10.2 Å². The molecule has 1 aromatic heterocycles. The number of para-hydroxylation sites is 1. The number of H-pyrrole nitrogens is 1. The number of hydrogen-bond acceptors (Lipinski definition) is 7. The van der Waals surface area contributed by atoms with Crippen molar-refractivity contribution in [1.29, 1.82) is 0 Å².